The van der Waals surface area contributed by atoms with E-state index in [1.165, 1.54) is 37.9 Å². The minimum atomic E-state index is 0.874. The third kappa shape index (κ3) is 3.19. The first-order valence-electron chi connectivity index (χ1n) is 6.68. The maximum absolute atomic E-state index is 4.56. The van der Waals surface area contributed by atoms with Crippen LogP contribution in [0.5, 0.6) is 0 Å². The fourth-order valence-corrected chi connectivity index (χ4v) is 2.60. The molecular formula is C14H23N3. The summed E-state index contributed by atoms with van der Waals surface area (Å²) in [5.41, 5.74) is 1.25. The van der Waals surface area contributed by atoms with Crippen molar-refractivity contribution in [1.29, 1.82) is 0 Å². The zero-order chi connectivity index (χ0) is 12.1. The van der Waals surface area contributed by atoms with E-state index in [0.29, 0.717) is 0 Å². The monoisotopic (exact) mass is 233 g/mol. The van der Waals surface area contributed by atoms with Gasteiger partial charge in [0.2, 0.25) is 0 Å². The van der Waals surface area contributed by atoms with Gasteiger partial charge in [0.25, 0.3) is 0 Å². The molecule has 2 heterocycles. The van der Waals surface area contributed by atoms with E-state index in [1.807, 2.05) is 13.2 Å². The maximum Gasteiger partial charge on any atom is 0.128 e. The lowest BCUT2D eigenvalue weighted by Crippen LogP contribution is -2.20. The lowest BCUT2D eigenvalue weighted by atomic mass is 10.0. The van der Waals surface area contributed by atoms with Crippen molar-refractivity contribution in [3.63, 3.8) is 0 Å². The van der Waals surface area contributed by atoms with Crippen LogP contribution in [0, 0.1) is 5.92 Å². The van der Waals surface area contributed by atoms with Crippen LogP contribution in [0.3, 0.4) is 0 Å². The minimum absolute atomic E-state index is 0.874. The van der Waals surface area contributed by atoms with Gasteiger partial charge in [0, 0.05) is 25.8 Å². The summed E-state index contributed by atoms with van der Waals surface area (Å²) >= 11 is 0. The molecule has 0 aliphatic carbocycles. The van der Waals surface area contributed by atoms with Gasteiger partial charge in [0.05, 0.1) is 0 Å². The minimum Gasteiger partial charge on any atom is -0.356 e. The molecule has 1 aromatic heterocycles. The Morgan fingerprint density at radius 1 is 1.47 bits per heavy atom. The van der Waals surface area contributed by atoms with E-state index in [9.17, 15) is 0 Å². The lowest BCUT2D eigenvalue weighted by Gasteiger charge is -2.17. The molecule has 1 aliphatic heterocycles. The summed E-state index contributed by atoms with van der Waals surface area (Å²) < 4.78 is 0. The standard InChI is InChI=1S/C14H23N3/c1-3-4-12-7-8-17(11-12)14-6-5-13(9-15-2)10-16-14/h5-6,10,12,15H,3-4,7-9,11H2,1-2H3. The number of pyridine rings is 1. The van der Waals surface area contributed by atoms with Gasteiger partial charge in [-0.15, -0.1) is 0 Å². The number of anilines is 1. The van der Waals surface area contributed by atoms with Gasteiger partial charge in [0.1, 0.15) is 5.82 Å². The quantitative estimate of drug-likeness (QED) is 0.846. The van der Waals surface area contributed by atoms with Crippen LogP contribution in [0.25, 0.3) is 0 Å². The van der Waals surface area contributed by atoms with Crippen LogP contribution in [0.1, 0.15) is 31.7 Å². The third-order valence-corrected chi connectivity index (χ3v) is 3.50. The first-order chi connectivity index (χ1) is 8.33. The van der Waals surface area contributed by atoms with E-state index in [1.54, 1.807) is 0 Å². The second-order valence-corrected chi connectivity index (χ2v) is 4.94. The van der Waals surface area contributed by atoms with Crippen molar-refractivity contribution in [3.05, 3.63) is 23.9 Å². The Labute approximate surface area is 104 Å². The Balaban J connectivity index is 1.94. The predicted molar refractivity (Wildman–Crippen MR) is 72.2 cm³/mol. The van der Waals surface area contributed by atoms with Gasteiger partial charge in [-0.25, -0.2) is 4.98 Å². The van der Waals surface area contributed by atoms with Crippen LogP contribution in [-0.4, -0.2) is 25.1 Å². The van der Waals surface area contributed by atoms with Gasteiger partial charge in [-0.3, -0.25) is 0 Å². The van der Waals surface area contributed by atoms with Crippen molar-refractivity contribution in [3.8, 4) is 0 Å². The second-order valence-electron chi connectivity index (χ2n) is 4.94. The van der Waals surface area contributed by atoms with Crippen molar-refractivity contribution < 1.29 is 0 Å². The molecule has 3 nitrogen and oxygen atoms in total. The van der Waals surface area contributed by atoms with E-state index in [-0.39, 0.29) is 0 Å². The summed E-state index contributed by atoms with van der Waals surface area (Å²) in [6, 6.07) is 4.33. The van der Waals surface area contributed by atoms with Crippen molar-refractivity contribution in [2.75, 3.05) is 25.0 Å². The SMILES string of the molecule is CCCC1CCN(c2ccc(CNC)cn2)C1. The largest absolute Gasteiger partial charge is 0.356 e. The maximum atomic E-state index is 4.56. The van der Waals surface area contributed by atoms with Gasteiger partial charge in [-0.05, 0) is 37.4 Å². The normalized spacial score (nSPS) is 19.9. The second kappa shape index (κ2) is 6.01. The Morgan fingerprint density at radius 2 is 2.35 bits per heavy atom. The molecule has 1 N–H and O–H groups in total. The molecule has 0 radical (unpaired) electrons. The average Bonchev–Trinajstić information content (AvgIpc) is 2.80. The molecule has 2 rings (SSSR count). The molecule has 0 aromatic carbocycles. The van der Waals surface area contributed by atoms with Crippen LogP contribution in [-0.2, 0) is 6.54 Å². The molecular weight excluding hydrogens is 210 g/mol. The fourth-order valence-electron chi connectivity index (χ4n) is 2.60. The molecule has 0 spiro atoms. The molecule has 1 aromatic rings. The number of rotatable bonds is 5. The highest BCUT2D eigenvalue weighted by molar-refractivity contribution is 5.40. The van der Waals surface area contributed by atoms with Crippen molar-refractivity contribution in [2.24, 2.45) is 5.92 Å². The zero-order valence-electron chi connectivity index (χ0n) is 10.9. The number of hydrogen-bond acceptors (Lipinski definition) is 3. The number of nitrogens with one attached hydrogen (secondary N) is 1. The van der Waals surface area contributed by atoms with E-state index in [2.05, 4.69) is 34.3 Å². The number of nitrogens with zero attached hydrogens (tertiary/aromatic N) is 2. The Morgan fingerprint density at radius 3 is 3.00 bits per heavy atom. The highest BCUT2D eigenvalue weighted by atomic mass is 15.2. The fraction of sp³-hybridized carbons (Fsp3) is 0.643. The molecule has 1 atom stereocenters. The highest BCUT2D eigenvalue weighted by Crippen LogP contribution is 2.24. The lowest BCUT2D eigenvalue weighted by molar-refractivity contribution is 0.529. The van der Waals surface area contributed by atoms with Gasteiger partial charge in [-0.2, -0.15) is 0 Å². The molecule has 3 heteroatoms. The summed E-state index contributed by atoms with van der Waals surface area (Å²) in [7, 11) is 1.96. The molecule has 1 aliphatic rings. The third-order valence-electron chi connectivity index (χ3n) is 3.50. The molecule has 17 heavy (non-hydrogen) atoms. The Bertz CT molecular complexity index is 334. The molecule has 1 fully saturated rings. The molecule has 0 bridgehead atoms. The number of hydrogen-bond donors (Lipinski definition) is 1. The molecule has 0 amide bonds. The predicted octanol–water partition coefficient (Wildman–Crippen LogP) is 2.43. The average molecular weight is 233 g/mol. The summed E-state index contributed by atoms with van der Waals surface area (Å²) in [6.45, 7) is 5.52. The molecule has 1 saturated heterocycles. The summed E-state index contributed by atoms with van der Waals surface area (Å²) in [5, 5.41) is 3.14. The van der Waals surface area contributed by atoms with Crippen LogP contribution in [0.15, 0.2) is 18.3 Å². The van der Waals surface area contributed by atoms with Crippen LogP contribution < -0.4 is 10.2 Å². The molecule has 0 saturated carbocycles. The Hall–Kier alpha value is -1.09. The van der Waals surface area contributed by atoms with Crippen molar-refractivity contribution in [2.45, 2.75) is 32.7 Å². The summed E-state index contributed by atoms with van der Waals surface area (Å²) in [5.74, 6) is 2.02. The zero-order valence-corrected chi connectivity index (χ0v) is 10.9. The van der Waals surface area contributed by atoms with E-state index < -0.39 is 0 Å². The first-order valence-corrected chi connectivity index (χ1v) is 6.68. The van der Waals surface area contributed by atoms with Gasteiger partial charge < -0.3 is 10.2 Å². The van der Waals surface area contributed by atoms with Crippen LogP contribution >= 0.6 is 0 Å². The number of aromatic nitrogens is 1. The van der Waals surface area contributed by atoms with Crippen molar-refractivity contribution in [1.82, 2.24) is 10.3 Å². The van der Waals surface area contributed by atoms with Crippen molar-refractivity contribution >= 4 is 5.82 Å². The summed E-state index contributed by atoms with van der Waals surface area (Å²) in [4.78, 5) is 6.98. The van der Waals surface area contributed by atoms with Gasteiger partial charge in [-0.1, -0.05) is 19.4 Å². The van der Waals surface area contributed by atoms with Gasteiger partial charge >= 0.3 is 0 Å². The van der Waals surface area contributed by atoms with E-state index in [0.717, 1.165) is 18.3 Å². The Kier molecular flexibility index (Phi) is 4.37. The smallest absolute Gasteiger partial charge is 0.128 e. The van der Waals surface area contributed by atoms with Gasteiger partial charge in [0.15, 0.2) is 0 Å². The topological polar surface area (TPSA) is 28.2 Å². The molecule has 94 valence electrons. The highest BCUT2D eigenvalue weighted by Gasteiger charge is 2.22. The first kappa shape index (κ1) is 12.4. The van der Waals surface area contributed by atoms with E-state index >= 15 is 0 Å². The van der Waals surface area contributed by atoms with Crippen LogP contribution in [0.4, 0.5) is 5.82 Å². The summed E-state index contributed by atoms with van der Waals surface area (Å²) in [6.07, 6.45) is 5.97. The van der Waals surface area contributed by atoms with E-state index in [4.69, 9.17) is 0 Å². The van der Waals surface area contributed by atoms with Crippen LogP contribution in [0.2, 0.25) is 0 Å². The molecule has 1 unspecified atom stereocenters.